The highest BCUT2D eigenvalue weighted by Gasteiger charge is 2.04. The van der Waals surface area contributed by atoms with Crippen LogP contribution in [0.25, 0.3) is 0 Å². The third-order valence-electron chi connectivity index (χ3n) is 1.92. The van der Waals surface area contributed by atoms with Crippen molar-refractivity contribution in [1.29, 1.82) is 0 Å². The van der Waals surface area contributed by atoms with Gasteiger partial charge >= 0.3 is 5.97 Å². The zero-order valence-corrected chi connectivity index (χ0v) is 8.93. The fourth-order valence-corrected chi connectivity index (χ4v) is 1.03. The van der Waals surface area contributed by atoms with Crippen molar-refractivity contribution in [2.75, 3.05) is 6.61 Å². The molecule has 15 heavy (non-hydrogen) atoms. The largest absolute Gasteiger partial charge is 0.492 e. The fraction of sp³-hybridized carbons (Fsp3) is 0.455. The summed E-state index contributed by atoms with van der Waals surface area (Å²) in [5.41, 5.74) is 0.150. The lowest BCUT2D eigenvalue weighted by atomic mass is 10.1. The second-order valence-electron chi connectivity index (χ2n) is 3.75. The minimum absolute atomic E-state index is 0.150. The predicted octanol–water partition coefficient (Wildman–Crippen LogP) is 2.20. The van der Waals surface area contributed by atoms with Crippen LogP contribution in [0.1, 0.15) is 30.6 Å². The molecule has 4 heteroatoms. The van der Waals surface area contributed by atoms with Crippen molar-refractivity contribution in [1.82, 2.24) is 4.98 Å². The molecule has 0 saturated heterocycles. The summed E-state index contributed by atoms with van der Waals surface area (Å²) in [5.74, 6) is 0.0907. The second-order valence-corrected chi connectivity index (χ2v) is 3.75. The third-order valence-corrected chi connectivity index (χ3v) is 1.92. The van der Waals surface area contributed by atoms with Gasteiger partial charge in [-0.1, -0.05) is 13.8 Å². The highest BCUT2D eigenvalue weighted by Crippen LogP contribution is 2.12. The molecular formula is C11H15NO3. The molecule has 0 spiro atoms. The zero-order valence-electron chi connectivity index (χ0n) is 8.93. The van der Waals surface area contributed by atoms with Crippen molar-refractivity contribution in [3.05, 3.63) is 24.0 Å². The van der Waals surface area contributed by atoms with Gasteiger partial charge in [0.2, 0.25) is 0 Å². The van der Waals surface area contributed by atoms with Crippen molar-refractivity contribution in [2.45, 2.75) is 20.3 Å². The van der Waals surface area contributed by atoms with Crippen LogP contribution < -0.4 is 4.74 Å². The summed E-state index contributed by atoms with van der Waals surface area (Å²) in [7, 11) is 0. The van der Waals surface area contributed by atoms with E-state index >= 15 is 0 Å². The SMILES string of the molecule is CC(C)CCOc1cncc(C(=O)O)c1. The maximum atomic E-state index is 10.6. The molecule has 1 rings (SSSR count). The number of aromatic carboxylic acids is 1. The summed E-state index contributed by atoms with van der Waals surface area (Å²) in [6, 6.07) is 1.48. The smallest absolute Gasteiger partial charge is 0.337 e. The van der Waals surface area contributed by atoms with Crippen LogP contribution in [0.3, 0.4) is 0 Å². The van der Waals surface area contributed by atoms with Crippen molar-refractivity contribution < 1.29 is 14.6 Å². The van der Waals surface area contributed by atoms with Gasteiger partial charge in [0.05, 0.1) is 18.4 Å². The van der Waals surface area contributed by atoms with Crippen molar-refractivity contribution in [3.8, 4) is 5.75 Å². The lowest BCUT2D eigenvalue weighted by Crippen LogP contribution is -2.03. The predicted molar refractivity (Wildman–Crippen MR) is 56.1 cm³/mol. The molecule has 0 aromatic carbocycles. The van der Waals surface area contributed by atoms with Crippen LogP contribution in [0.5, 0.6) is 5.75 Å². The first-order chi connectivity index (χ1) is 7.09. The summed E-state index contributed by atoms with van der Waals surface area (Å²) < 4.78 is 5.38. The standard InChI is InChI=1S/C11H15NO3/c1-8(2)3-4-15-10-5-9(11(13)14)6-12-7-10/h5-8H,3-4H2,1-2H3,(H,13,14). The van der Waals surface area contributed by atoms with Gasteiger partial charge in [0, 0.05) is 6.20 Å². The van der Waals surface area contributed by atoms with Crippen LogP contribution in [-0.2, 0) is 0 Å². The van der Waals surface area contributed by atoms with E-state index in [0.717, 1.165) is 6.42 Å². The zero-order chi connectivity index (χ0) is 11.3. The Hall–Kier alpha value is -1.58. The molecule has 0 amide bonds. The van der Waals surface area contributed by atoms with Crippen molar-refractivity contribution in [2.24, 2.45) is 5.92 Å². The summed E-state index contributed by atoms with van der Waals surface area (Å²) >= 11 is 0. The molecule has 0 unspecified atom stereocenters. The number of ether oxygens (including phenoxy) is 1. The number of rotatable bonds is 5. The van der Waals surface area contributed by atoms with E-state index in [9.17, 15) is 4.79 Å². The number of nitrogens with zero attached hydrogens (tertiary/aromatic N) is 1. The van der Waals surface area contributed by atoms with E-state index in [1.807, 2.05) is 0 Å². The Labute approximate surface area is 88.9 Å². The van der Waals surface area contributed by atoms with E-state index in [1.165, 1.54) is 18.5 Å². The Morgan fingerprint density at radius 1 is 1.53 bits per heavy atom. The van der Waals surface area contributed by atoms with Crippen LogP contribution in [0.4, 0.5) is 0 Å². The number of hydrogen-bond donors (Lipinski definition) is 1. The van der Waals surface area contributed by atoms with E-state index in [0.29, 0.717) is 18.3 Å². The average Bonchev–Trinajstić information content (AvgIpc) is 2.17. The molecule has 1 aromatic rings. The van der Waals surface area contributed by atoms with Gasteiger partial charge in [-0.15, -0.1) is 0 Å². The topological polar surface area (TPSA) is 59.4 Å². The van der Waals surface area contributed by atoms with Crippen LogP contribution in [0, 0.1) is 5.92 Å². The molecule has 0 aliphatic heterocycles. The summed E-state index contributed by atoms with van der Waals surface area (Å²) in [6.07, 6.45) is 3.77. The molecule has 82 valence electrons. The first-order valence-electron chi connectivity index (χ1n) is 4.90. The quantitative estimate of drug-likeness (QED) is 0.807. The second kappa shape index (κ2) is 5.34. The molecule has 0 atom stereocenters. The molecule has 0 bridgehead atoms. The minimum Gasteiger partial charge on any atom is -0.492 e. The number of aromatic nitrogens is 1. The van der Waals surface area contributed by atoms with E-state index in [-0.39, 0.29) is 5.56 Å². The number of carboxylic acids is 1. The average molecular weight is 209 g/mol. The monoisotopic (exact) mass is 209 g/mol. The van der Waals surface area contributed by atoms with E-state index < -0.39 is 5.97 Å². The van der Waals surface area contributed by atoms with E-state index in [4.69, 9.17) is 9.84 Å². The molecule has 1 N–H and O–H groups in total. The molecule has 0 fully saturated rings. The summed E-state index contributed by atoms with van der Waals surface area (Å²) in [4.78, 5) is 14.4. The number of carboxylic acid groups (broad SMARTS) is 1. The maximum absolute atomic E-state index is 10.6. The third kappa shape index (κ3) is 3.97. The summed E-state index contributed by atoms with van der Waals surface area (Å²) in [5, 5.41) is 8.73. The number of hydrogen-bond acceptors (Lipinski definition) is 3. The van der Waals surface area contributed by atoms with Crippen LogP contribution in [0.15, 0.2) is 18.5 Å². The molecule has 1 heterocycles. The van der Waals surface area contributed by atoms with Crippen LogP contribution >= 0.6 is 0 Å². The molecule has 0 aliphatic carbocycles. The first kappa shape index (κ1) is 11.5. The maximum Gasteiger partial charge on any atom is 0.337 e. The normalized spacial score (nSPS) is 10.3. The number of pyridine rings is 1. The van der Waals surface area contributed by atoms with Crippen LogP contribution in [0.2, 0.25) is 0 Å². The lowest BCUT2D eigenvalue weighted by molar-refractivity contribution is 0.0696. The first-order valence-corrected chi connectivity index (χ1v) is 4.90. The van der Waals surface area contributed by atoms with Crippen LogP contribution in [-0.4, -0.2) is 22.7 Å². The Balaban J connectivity index is 2.54. The van der Waals surface area contributed by atoms with Gasteiger partial charge in [0.1, 0.15) is 5.75 Å². The Kier molecular flexibility index (Phi) is 4.09. The molecule has 0 radical (unpaired) electrons. The summed E-state index contributed by atoms with van der Waals surface area (Å²) in [6.45, 7) is 4.80. The van der Waals surface area contributed by atoms with E-state index in [2.05, 4.69) is 18.8 Å². The Morgan fingerprint density at radius 3 is 2.87 bits per heavy atom. The van der Waals surface area contributed by atoms with Gasteiger partial charge in [0.15, 0.2) is 0 Å². The van der Waals surface area contributed by atoms with Gasteiger partial charge in [-0.05, 0) is 18.4 Å². The van der Waals surface area contributed by atoms with E-state index in [1.54, 1.807) is 0 Å². The molecule has 0 aliphatic rings. The number of carbonyl (C=O) groups is 1. The highest BCUT2D eigenvalue weighted by atomic mass is 16.5. The molecule has 1 aromatic heterocycles. The minimum atomic E-state index is -0.989. The van der Waals surface area contributed by atoms with Gasteiger partial charge < -0.3 is 9.84 Å². The molecule has 4 nitrogen and oxygen atoms in total. The van der Waals surface area contributed by atoms with Gasteiger partial charge in [0.25, 0.3) is 0 Å². The van der Waals surface area contributed by atoms with Gasteiger partial charge in [-0.3, -0.25) is 4.98 Å². The van der Waals surface area contributed by atoms with Gasteiger partial charge in [-0.2, -0.15) is 0 Å². The lowest BCUT2D eigenvalue weighted by Gasteiger charge is -2.07. The van der Waals surface area contributed by atoms with Crippen molar-refractivity contribution >= 4 is 5.97 Å². The van der Waals surface area contributed by atoms with Gasteiger partial charge in [-0.25, -0.2) is 4.79 Å². The Bertz CT molecular complexity index is 336. The fourth-order valence-electron chi connectivity index (χ4n) is 1.03. The molecule has 0 saturated carbocycles. The Morgan fingerprint density at radius 2 is 2.27 bits per heavy atom. The van der Waals surface area contributed by atoms with Crippen molar-refractivity contribution in [3.63, 3.8) is 0 Å². The highest BCUT2D eigenvalue weighted by molar-refractivity contribution is 5.87. The molecular weight excluding hydrogens is 194 g/mol.